The Bertz CT molecular complexity index is 941. The summed E-state index contributed by atoms with van der Waals surface area (Å²) in [6.45, 7) is 9.42. The third kappa shape index (κ3) is 5.16. The van der Waals surface area contributed by atoms with Crippen molar-refractivity contribution in [3.63, 3.8) is 0 Å². The first kappa shape index (κ1) is 23.8. The van der Waals surface area contributed by atoms with Crippen molar-refractivity contribution in [1.29, 1.82) is 0 Å². The second kappa shape index (κ2) is 9.99. The van der Waals surface area contributed by atoms with E-state index in [0.29, 0.717) is 23.8 Å². The van der Waals surface area contributed by atoms with Crippen LogP contribution in [0, 0.1) is 0 Å². The lowest BCUT2D eigenvalue weighted by atomic mass is 10.2. The van der Waals surface area contributed by atoms with Crippen molar-refractivity contribution in [1.82, 2.24) is 14.2 Å². The number of fused-ring (bicyclic) bond motifs is 1. The summed E-state index contributed by atoms with van der Waals surface area (Å²) in [5.74, 6) is -0.287. The molecule has 29 heavy (non-hydrogen) atoms. The Kier molecular flexibility index (Phi) is 8.18. The molecule has 10 heteroatoms. The first-order valence-electron chi connectivity index (χ1n) is 9.51. The van der Waals surface area contributed by atoms with Gasteiger partial charge in [-0.15, -0.1) is 23.7 Å². The van der Waals surface area contributed by atoms with Crippen LogP contribution in [0.5, 0.6) is 0 Å². The molecule has 0 fully saturated rings. The average Bonchev–Trinajstić information content (AvgIpc) is 3.10. The molecule has 0 unspecified atom stereocenters. The number of likely N-dealkylation sites (N-methyl/N-ethyl adjacent to an activating group) is 1. The van der Waals surface area contributed by atoms with E-state index in [1.54, 1.807) is 13.8 Å². The quantitative estimate of drug-likeness (QED) is 0.688. The van der Waals surface area contributed by atoms with Gasteiger partial charge in [0.15, 0.2) is 5.13 Å². The number of sulfonamides is 1. The molecule has 1 aromatic carbocycles. The van der Waals surface area contributed by atoms with E-state index < -0.39 is 10.0 Å². The fraction of sp³-hybridized carbons (Fsp3) is 0.474. The minimum atomic E-state index is -3.53. The first-order chi connectivity index (χ1) is 13.4. The fourth-order valence-corrected chi connectivity index (χ4v) is 5.74. The number of carbonyl (C=O) groups excluding carboxylic acids is 1. The van der Waals surface area contributed by atoms with Crippen LogP contribution in [-0.2, 0) is 23.0 Å². The smallest absolute Gasteiger partial charge is 0.257 e. The standard InChI is InChI=1S/C19H26N4O3S2.ClH/c1-4-22-12-11-16-17(13-22)27-19(20-16)21-18(24)14-7-9-15(10-8-14)28(25,26)23(5-2)6-3;/h7-10H,4-6,11-13H2,1-3H3,(H,20,21,24);1H. The van der Waals surface area contributed by atoms with Crippen molar-refractivity contribution in [3.8, 4) is 0 Å². The van der Waals surface area contributed by atoms with Gasteiger partial charge in [-0.25, -0.2) is 13.4 Å². The summed E-state index contributed by atoms with van der Waals surface area (Å²) in [6, 6.07) is 6.04. The number of nitrogens with one attached hydrogen (secondary N) is 1. The number of thiazole rings is 1. The van der Waals surface area contributed by atoms with E-state index in [0.717, 1.165) is 31.7 Å². The van der Waals surface area contributed by atoms with Crippen LogP contribution in [0.4, 0.5) is 5.13 Å². The van der Waals surface area contributed by atoms with Crippen LogP contribution >= 0.6 is 23.7 Å². The summed E-state index contributed by atoms with van der Waals surface area (Å²) in [4.78, 5) is 20.8. The van der Waals surface area contributed by atoms with Crippen molar-refractivity contribution >= 4 is 44.8 Å². The summed E-state index contributed by atoms with van der Waals surface area (Å²) in [5, 5.41) is 3.43. The lowest BCUT2D eigenvalue weighted by molar-refractivity contribution is 0.102. The normalized spacial score (nSPS) is 14.3. The minimum absolute atomic E-state index is 0. The van der Waals surface area contributed by atoms with Crippen LogP contribution in [-0.4, -0.2) is 54.7 Å². The molecule has 2 aromatic rings. The molecule has 0 aliphatic carbocycles. The summed E-state index contributed by atoms with van der Waals surface area (Å²) in [6.07, 6.45) is 0.896. The van der Waals surface area contributed by atoms with Gasteiger partial charge in [-0.3, -0.25) is 15.0 Å². The van der Waals surface area contributed by atoms with Gasteiger partial charge in [0.2, 0.25) is 10.0 Å². The molecule has 0 saturated heterocycles. The van der Waals surface area contributed by atoms with Crippen LogP contribution in [0.25, 0.3) is 0 Å². The van der Waals surface area contributed by atoms with Gasteiger partial charge >= 0.3 is 0 Å². The topological polar surface area (TPSA) is 82.6 Å². The van der Waals surface area contributed by atoms with E-state index in [4.69, 9.17) is 0 Å². The summed E-state index contributed by atoms with van der Waals surface area (Å²) in [5.41, 5.74) is 1.47. The van der Waals surface area contributed by atoms with Crippen molar-refractivity contribution in [2.75, 3.05) is 31.5 Å². The molecule has 1 aliphatic heterocycles. The number of amides is 1. The van der Waals surface area contributed by atoms with Crippen molar-refractivity contribution in [2.24, 2.45) is 0 Å². The highest BCUT2D eigenvalue weighted by Crippen LogP contribution is 2.28. The molecule has 0 spiro atoms. The minimum Gasteiger partial charge on any atom is -0.298 e. The van der Waals surface area contributed by atoms with E-state index in [2.05, 4.69) is 22.1 Å². The van der Waals surface area contributed by atoms with Gasteiger partial charge in [0.25, 0.3) is 5.91 Å². The molecule has 0 atom stereocenters. The molecule has 1 amide bonds. The van der Waals surface area contributed by atoms with Crippen LogP contribution in [0.1, 0.15) is 41.7 Å². The first-order valence-corrected chi connectivity index (χ1v) is 11.8. The number of benzene rings is 1. The molecule has 0 radical (unpaired) electrons. The molecule has 7 nitrogen and oxygen atoms in total. The summed E-state index contributed by atoms with van der Waals surface area (Å²) in [7, 11) is -3.53. The SMILES string of the molecule is CCN1CCc2nc(NC(=O)c3ccc(S(=O)(=O)N(CC)CC)cc3)sc2C1.Cl. The maximum absolute atomic E-state index is 12.5. The van der Waals surface area contributed by atoms with Crippen molar-refractivity contribution < 1.29 is 13.2 Å². The van der Waals surface area contributed by atoms with E-state index in [9.17, 15) is 13.2 Å². The van der Waals surface area contributed by atoms with E-state index in [-0.39, 0.29) is 23.2 Å². The van der Waals surface area contributed by atoms with Gasteiger partial charge in [0, 0.05) is 43.0 Å². The Morgan fingerprint density at radius 3 is 2.45 bits per heavy atom. The Morgan fingerprint density at radius 2 is 1.86 bits per heavy atom. The van der Waals surface area contributed by atoms with Crippen LogP contribution in [0.2, 0.25) is 0 Å². The zero-order valence-electron chi connectivity index (χ0n) is 16.8. The Balaban J connectivity index is 0.00000300. The van der Waals surface area contributed by atoms with Gasteiger partial charge < -0.3 is 0 Å². The van der Waals surface area contributed by atoms with Gasteiger partial charge in [0.1, 0.15) is 0 Å². The van der Waals surface area contributed by atoms with Gasteiger partial charge in [0.05, 0.1) is 10.6 Å². The zero-order chi connectivity index (χ0) is 20.3. The number of halogens is 1. The molecule has 3 rings (SSSR count). The molecule has 1 N–H and O–H groups in total. The highest BCUT2D eigenvalue weighted by molar-refractivity contribution is 7.89. The fourth-order valence-electron chi connectivity index (χ4n) is 3.23. The molecule has 0 bridgehead atoms. The lowest BCUT2D eigenvalue weighted by Crippen LogP contribution is -2.30. The Hall–Kier alpha value is -1.52. The maximum Gasteiger partial charge on any atom is 0.257 e. The third-order valence-corrected chi connectivity index (χ3v) is 8.00. The largest absolute Gasteiger partial charge is 0.298 e. The van der Waals surface area contributed by atoms with Crippen molar-refractivity contribution in [3.05, 3.63) is 40.4 Å². The Morgan fingerprint density at radius 1 is 1.21 bits per heavy atom. The number of anilines is 1. The highest BCUT2D eigenvalue weighted by atomic mass is 35.5. The van der Waals surface area contributed by atoms with E-state index >= 15 is 0 Å². The van der Waals surface area contributed by atoms with Crippen LogP contribution in [0.15, 0.2) is 29.2 Å². The van der Waals surface area contributed by atoms with Gasteiger partial charge in [-0.05, 0) is 30.8 Å². The molecule has 1 aliphatic rings. The van der Waals surface area contributed by atoms with Crippen molar-refractivity contribution in [2.45, 2.75) is 38.6 Å². The van der Waals surface area contributed by atoms with Gasteiger partial charge in [-0.2, -0.15) is 4.31 Å². The number of aromatic nitrogens is 1. The van der Waals surface area contributed by atoms with Crippen LogP contribution < -0.4 is 5.32 Å². The van der Waals surface area contributed by atoms with Gasteiger partial charge in [-0.1, -0.05) is 20.8 Å². The highest BCUT2D eigenvalue weighted by Gasteiger charge is 2.23. The lowest BCUT2D eigenvalue weighted by Gasteiger charge is -2.23. The number of carbonyl (C=O) groups is 1. The maximum atomic E-state index is 12.5. The predicted octanol–water partition coefficient (Wildman–Crippen LogP) is 3.23. The molecule has 2 heterocycles. The summed E-state index contributed by atoms with van der Waals surface area (Å²) >= 11 is 1.51. The van der Waals surface area contributed by atoms with Crippen LogP contribution in [0.3, 0.4) is 0 Å². The number of rotatable bonds is 7. The van der Waals surface area contributed by atoms with E-state index in [1.807, 2.05) is 0 Å². The number of nitrogens with zero attached hydrogens (tertiary/aromatic N) is 3. The predicted molar refractivity (Wildman–Crippen MR) is 119 cm³/mol. The third-order valence-electron chi connectivity index (χ3n) is 4.94. The number of hydrogen-bond donors (Lipinski definition) is 1. The molecule has 160 valence electrons. The number of hydrogen-bond acceptors (Lipinski definition) is 6. The van der Waals surface area contributed by atoms with E-state index in [1.165, 1.54) is 44.8 Å². The molecule has 1 aromatic heterocycles. The monoisotopic (exact) mass is 458 g/mol. The molecular weight excluding hydrogens is 432 g/mol. The second-order valence-corrected chi connectivity index (χ2v) is 9.60. The molecular formula is C19H27ClN4O3S2. The molecule has 0 saturated carbocycles. The second-order valence-electron chi connectivity index (χ2n) is 6.58. The summed E-state index contributed by atoms with van der Waals surface area (Å²) < 4.78 is 26.5. The zero-order valence-corrected chi connectivity index (χ0v) is 19.3. The Labute approximate surface area is 182 Å². The average molecular weight is 459 g/mol.